The van der Waals surface area contributed by atoms with Gasteiger partial charge in [0, 0.05) is 6.04 Å². The molecule has 0 spiro atoms. The first kappa shape index (κ1) is 9.53. The fraction of sp³-hybridized carbons (Fsp3) is 0.500. The van der Waals surface area contributed by atoms with Gasteiger partial charge in [-0.2, -0.15) is 0 Å². The maximum Gasteiger partial charge on any atom is 0.119 e. The van der Waals surface area contributed by atoms with E-state index in [1.807, 2.05) is 18.2 Å². The number of ether oxygens (including phenoxy) is 1. The Hall–Kier alpha value is -1.02. The fourth-order valence-corrected chi connectivity index (χ4v) is 1.92. The molecule has 0 aromatic heterocycles. The summed E-state index contributed by atoms with van der Waals surface area (Å²) >= 11 is 0. The summed E-state index contributed by atoms with van der Waals surface area (Å²) < 4.78 is 5.18. The van der Waals surface area contributed by atoms with Gasteiger partial charge in [0.2, 0.25) is 0 Å². The number of hydrogen-bond donors (Lipinski definition) is 1. The molecule has 1 saturated carbocycles. The third-order valence-electron chi connectivity index (χ3n) is 3.14. The lowest BCUT2D eigenvalue weighted by molar-refractivity contribution is 0.264. The molecule has 1 aliphatic carbocycles. The number of rotatable bonds is 3. The summed E-state index contributed by atoms with van der Waals surface area (Å²) in [5, 5.41) is 0. The Labute approximate surface area is 85.1 Å². The van der Waals surface area contributed by atoms with Gasteiger partial charge in [0.25, 0.3) is 0 Å². The zero-order valence-corrected chi connectivity index (χ0v) is 8.57. The molecule has 1 aliphatic rings. The first-order valence-corrected chi connectivity index (χ1v) is 5.21. The molecule has 1 unspecified atom stereocenters. The Bertz CT molecular complexity index is 307. The quantitative estimate of drug-likeness (QED) is 0.796. The standard InChI is InChI=1S/C12H17NO/c1-14-11-7-3-6-10(8-11)12(13)9-4-2-5-9/h3,6-9,12H,2,4-5,13H2,1H3. The second kappa shape index (κ2) is 4.01. The topological polar surface area (TPSA) is 35.2 Å². The maximum atomic E-state index is 6.17. The minimum absolute atomic E-state index is 0.193. The molecule has 2 heteroatoms. The molecule has 76 valence electrons. The van der Waals surface area contributed by atoms with Crippen LogP contribution in [0.3, 0.4) is 0 Å². The second-order valence-corrected chi connectivity index (χ2v) is 3.99. The van der Waals surface area contributed by atoms with Gasteiger partial charge in [-0.15, -0.1) is 0 Å². The van der Waals surface area contributed by atoms with Gasteiger partial charge in [0.1, 0.15) is 5.75 Å². The molecule has 0 amide bonds. The van der Waals surface area contributed by atoms with E-state index in [2.05, 4.69) is 6.07 Å². The Balaban J connectivity index is 2.13. The Morgan fingerprint density at radius 2 is 2.21 bits per heavy atom. The third kappa shape index (κ3) is 1.75. The van der Waals surface area contributed by atoms with Gasteiger partial charge in [-0.05, 0) is 36.5 Å². The van der Waals surface area contributed by atoms with Crippen molar-refractivity contribution >= 4 is 0 Å². The summed E-state index contributed by atoms with van der Waals surface area (Å²) in [7, 11) is 1.69. The van der Waals surface area contributed by atoms with E-state index in [9.17, 15) is 0 Å². The largest absolute Gasteiger partial charge is 0.497 e. The van der Waals surface area contributed by atoms with Crippen molar-refractivity contribution in [3.8, 4) is 5.75 Å². The lowest BCUT2D eigenvalue weighted by Gasteiger charge is -2.31. The predicted molar refractivity (Wildman–Crippen MR) is 57.3 cm³/mol. The van der Waals surface area contributed by atoms with E-state index in [4.69, 9.17) is 10.5 Å². The molecule has 2 N–H and O–H groups in total. The number of nitrogens with two attached hydrogens (primary N) is 1. The van der Waals surface area contributed by atoms with E-state index in [1.165, 1.54) is 24.8 Å². The SMILES string of the molecule is COc1cccc(C(N)C2CCC2)c1. The smallest absolute Gasteiger partial charge is 0.119 e. The molecule has 2 rings (SSSR count). The van der Waals surface area contributed by atoms with Gasteiger partial charge in [0.05, 0.1) is 7.11 Å². The summed E-state index contributed by atoms with van der Waals surface area (Å²) in [4.78, 5) is 0. The van der Waals surface area contributed by atoms with Crippen molar-refractivity contribution in [3.63, 3.8) is 0 Å². The highest BCUT2D eigenvalue weighted by Crippen LogP contribution is 2.36. The first-order chi connectivity index (χ1) is 6.81. The monoisotopic (exact) mass is 191 g/mol. The number of benzene rings is 1. The van der Waals surface area contributed by atoms with Crippen molar-refractivity contribution in [3.05, 3.63) is 29.8 Å². The summed E-state index contributed by atoms with van der Waals surface area (Å²) in [6.07, 6.45) is 3.89. The van der Waals surface area contributed by atoms with Gasteiger partial charge in [0.15, 0.2) is 0 Å². The van der Waals surface area contributed by atoms with Crippen LogP contribution in [0.4, 0.5) is 0 Å². The molecule has 14 heavy (non-hydrogen) atoms. The highest BCUT2D eigenvalue weighted by Gasteiger charge is 2.25. The minimum Gasteiger partial charge on any atom is -0.497 e. The van der Waals surface area contributed by atoms with E-state index in [-0.39, 0.29) is 6.04 Å². The fourth-order valence-electron chi connectivity index (χ4n) is 1.92. The molecule has 2 nitrogen and oxygen atoms in total. The van der Waals surface area contributed by atoms with Crippen LogP contribution in [0.25, 0.3) is 0 Å². The van der Waals surface area contributed by atoms with Gasteiger partial charge in [-0.3, -0.25) is 0 Å². The van der Waals surface area contributed by atoms with Gasteiger partial charge >= 0.3 is 0 Å². The minimum atomic E-state index is 0.193. The van der Waals surface area contributed by atoms with Crippen LogP contribution >= 0.6 is 0 Å². The van der Waals surface area contributed by atoms with Gasteiger partial charge in [-0.25, -0.2) is 0 Å². The molecule has 1 aromatic rings. The summed E-state index contributed by atoms with van der Waals surface area (Å²) in [6.45, 7) is 0. The first-order valence-electron chi connectivity index (χ1n) is 5.21. The van der Waals surface area contributed by atoms with Crippen molar-refractivity contribution in [2.75, 3.05) is 7.11 Å². The van der Waals surface area contributed by atoms with Crippen LogP contribution in [0.15, 0.2) is 24.3 Å². The number of hydrogen-bond acceptors (Lipinski definition) is 2. The van der Waals surface area contributed by atoms with Crippen LogP contribution in [0, 0.1) is 5.92 Å². The highest BCUT2D eigenvalue weighted by molar-refractivity contribution is 5.30. The molecular formula is C12H17NO. The van der Waals surface area contributed by atoms with Crippen LogP contribution in [-0.4, -0.2) is 7.11 Å². The van der Waals surface area contributed by atoms with E-state index in [0.717, 1.165) is 5.75 Å². The van der Waals surface area contributed by atoms with Gasteiger partial charge in [-0.1, -0.05) is 18.6 Å². The summed E-state index contributed by atoms with van der Waals surface area (Å²) in [5.74, 6) is 1.58. The van der Waals surface area contributed by atoms with Gasteiger partial charge < -0.3 is 10.5 Å². The van der Waals surface area contributed by atoms with Crippen LogP contribution in [0.2, 0.25) is 0 Å². The van der Waals surface area contributed by atoms with E-state index >= 15 is 0 Å². The van der Waals surface area contributed by atoms with Crippen molar-refractivity contribution in [1.29, 1.82) is 0 Å². The van der Waals surface area contributed by atoms with Crippen molar-refractivity contribution in [2.45, 2.75) is 25.3 Å². The molecule has 0 bridgehead atoms. The Morgan fingerprint density at radius 3 is 2.79 bits per heavy atom. The van der Waals surface area contributed by atoms with E-state index < -0.39 is 0 Å². The van der Waals surface area contributed by atoms with E-state index in [1.54, 1.807) is 7.11 Å². The Morgan fingerprint density at radius 1 is 1.43 bits per heavy atom. The lowest BCUT2D eigenvalue weighted by Crippen LogP contribution is -2.26. The molecule has 0 aliphatic heterocycles. The molecule has 0 saturated heterocycles. The predicted octanol–water partition coefficient (Wildman–Crippen LogP) is 2.50. The zero-order chi connectivity index (χ0) is 9.97. The zero-order valence-electron chi connectivity index (χ0n) is 8.57. The molecule has 1 aromatic carbocycles. The third-order valence-corrected chi connectivity index (χ3v) is 3.14. The second-order valence-electron chi connectivity index (χ2n) is 3.99. The Kier molecular flexibility index (Phi) is 2.73. The van der Waals surface area contributed by atoms with Crippen molar-refractivity contribution in [1.82, 2.24) is 0 Å². The normalized spacial score (nSPS) is 18.7. The molecular weight excluding hydrogens is 174 g/mol. The van der Waals surface area contributed by atoms with Crippen molar-refractivity contribution in [2.24, 2.45) is 11.7 Å². The average Bonchev–Trinajstić information content (AvgIpc) is 2.15. The van der Waals surface area contributed by atoms with Crippen LogP contribution in [0.1, 0.15) is 30.9 Å². The number of methoxy groups -OCH3 is 1. The highest BCUT2D eigenvalue weighted by atomic mass is 16.5. The van der Waals surface area contributed by atoms with Crippen molar-refractivity contribution < 1.29 is 4.74 Å². The average molecular weight is 191 g/mol. The molecule has 0 radical (unpaired) electrons. The summed E-state index contributed by atoms with van der Waals surface area (Å²) in [5.41, 5.74) is 7.37. The lowest BCUT2D eigenvalue weighted by atomic mass is 9.77. The maximum absolute atomic E-state index is 6.17. The molecule has 1 atom stereocenters. The molecule has 1 fully saturated rings. The van der Waals surface area contributed by atoms with E-state index in [0.29, 0.717) is 5.92 Å². The van der Waals surface area contributed by atoms with Crippen LogP contribution < -0.4 is 10.5 Å². The van der Waals surface area contributed by atoms with Crippen LogP contribution in [-0.2, 0) is 0 Å². The van der Waals surface area contributed by atoms with Crippen LogP contribution in [0.5, 0.6) is 5.75 Å². The molecule has 0 heterocycles. The summed E-state index contributed by atoms with van der Waals surface area (Å²) in [6, 6.07) is 8.29.